The minimum absolute atomic E-state index is 0.0601. The third-order valence-electron chi connectivity index (χ3n) is 3.07. The van der Waals surface area contributed by atoms with Gasteiger partial charge < -0.3 is 15.8 Å². The number of hydrogen-bond donors (Lipinski definition) is 2. The Labute approximate surface area is 116 Å². The van der Waals surface area contributed by atoms with Crippen LogP contribution in [0.4, 0.5) is 4.39 Å². The highest BCUT2D eigenvalue weighted by molar-refractivity contribution is 6.31. The van der Waals surface area contributed by atoms with Gasteiger partial charge in [0.25, 0.3) is 0 Å². The molecule has 4 nitrogen and oxygen atoms in total. The molecule has 1 aromatic rings. The van der Waals surface area contributed by atoms with E-state index >= 15 is 0 Å². The Balaban J connectivity index is 1.92. The van der Waals surface area contributed by atoms with E-state index in [0.717, 1.165) is 6.42 Å². The molecule has 0 saturated heterocycles. The van der Waals surface area contributed by atoms with Crippen LogP contribution in [0.25, 0.3) is 0 Å². The predicted molar refractivity (Wildman–Crippen MR) is 74.1 cm³/mol. The van der Waals surface area contributed by atoms with Crippen LogP contribution in [0.3, 0.4) is 0 Å². The van der Waals surface area contributed by atoms with Crippen LogP contribution < -0.4 is 11.1 Å². The van der Waals surface area contributed by atoms with Crippen molar-refractivity contribution in [3.05, 3.63) is 34.6 Å². The molecule has 0 bridgehead atoms. The molecule has 0 unspecified atom stereocenters. The summed E-state index contributed by atoms with van der Waals surface area (Å²) in [6.07, 6.45) is 0.807. The molecule has 104 valence electrons. The number of nitrogens with zero attached hydrogens (tertiary/aromatic N) is 1. The molecule has 2 atom stereocenters. The fourth-order valence-corrected chi connectivity index (χ4v) is 2.33. The van der Waals surface area contributed by atoms with Crippen molar-refractivity contribution in [2.45, 2.75) is 18.4 Å². The van der Waals surface area contributed by atoms with Crippen molar-refractivity contribution < 1.29 is 9.13 Å². The number of nitrogens with two attached hydrogens (primary N) is 1. The molecule has 19 heavy (non-hydrogen) atoms. The quantitative estimate of drug-likeness (QED) is 0.493. The molecule has 0 aromatic heterocycles. The van der Waals surface area contributed by atoms with Crippen LogP contribution >= 0.6 is 11.6 Å². The largest absolute Gasteiger partial charge is 0.383 e. The van der Waals surface area contributed by atoms with Gasteiger partial charge >= 0.3 is 0 Å². The number of benzene rings is 1. The first-order valence-corrected chi connectivity index (χ1v) is 6.50. The lowest BCUT2D eigenvalue weighted by Crippen LogP contribution is -2.34. The zero-order valence-electron chi connectivity index (χ0n) is 10.7. The monoisotopic (exact) mass is 285 g/mol. The molecule has 0 amide bonds. The number of guanidine groups is 1. The average Bonchev–Trinajstić information content (AvgIpc) is 3.08. The van der Waals surface area contributed by atoms with Crippen LogP contribution in [-0.4, -0.2) is 32.3 Å². The number of rotatable bonds is 5. The average molecular weight is 286 g/mol. The summed E-state index contributed by atoms with van der Waals surface area (Å²) >= 11 is 6.02. The van der Waals surface area contributed by atoms with Gasteiger partial charge in [-0.3, -0.25) is 4.99 Å². The molecule has 0 heterocycles. The summed E-state index contributed by atoms with van der Waals surface area (Å²) in [7, 11) is 1.61. The SMILES string of the molecule is COCCN=C(N)N[C@@H]1C[C@H]1c1c(F)cccc1Cl. The van der Waals surface area contributed by atoms with Crippen molar-refractivity contribution >= 4 is 17.6 Å². The summed E-state index contributed by atoms with van der Waals surface area (Å²) < 4.78 is 18.6. The summed E-state index contributed by atoms with van der Waals surface area (Å²) in [6, 6.07) is 4.82. The van der Waals surface area contributed by atoms with Gasteiger partial charge in [0.05, 0.1) is 13.2 Å². The molecule has 2 rings (SSSR count). The first-order valence-electron chi connectivity index (χ1n) is 6.12. The van der Waals surface area contributed by atoms with Crippen molar-refractivity contribution in [1.29, 1.82) is 0 Å². The van der Waals surface area contributed by atoms with E-state index in [4.69, 9.17) is 22.1 Å². The van der Waals surface area contributed by atoms with E-state index < -0.39 is 0 Å². The molecule has 6 heteroatoms. The van der Waals surface area contributed by atoms with Gasteiger partial charge in [-0.1, -0.05) is 17.7 Å². The van der Waals surface area contributed by atoms with Crippen molar-refractivity contribution in [2.24, 2.45) is 10.7 Å². The summed E-state index contributed by atoms with van der Waals surface area (Å²) in [4.78, 5) is 4.10. The van der Waals surface area contributed by atoms with E-state index in [1.165, 1.54) is 6.07 Å². The Bertz CT molecular complexity index is 461. The standard InChI is InChI=1S/C13H17ClFN3O/c1-19-6-5-17-13(16)18-11-7-8(11)12-9(14)3-2-4-10(12)15/h2-4,8,11H,5-7H2,1H3,(H3,16,17,18)/t8-,11-/m1/s1. The zero-order chi connectivity index (χ0) is 13.8. The Morgan fingerprint density at radius 2 is 2.42 bits per heavy atom. The Morgan fingerprint density at radius 3 is 3.11 bits per heavy atom. The molecule has 0 spiro atoms. The molecule has 1 aliphatic rings. The second-order valence-corrected chi connectivity index (χ2v) is 4.90. The number of aliphatic imine (C=N–C) groups is 1. The number of ether oxygens (including phenoxy) is 1. The lowest BCUT2D eigenvalue weighted by molar-refractivity contribution is 0.208. The molecule has 0 aliphatic heterocycles. The van der Waals surface area contributed by atoms with E-state index in [9.17, 15) is 4.39 Å². The maximum Gasteiger partial charge on any atom is 0.188 e. The highest BCUT2D eigenvalue weighted by atomic mass is 35.5. The van der Waals surface area contributed by atoms with Crippen LogP contribution in [0.1, 0.15) is 17.9 Å². The van der Waals surface area contributed by atoms with Gasteiger partial charge in [0.15, 0.2) is 5.96 Å². The lowest BCUT2D eigenvalue weighted by atomic mass is 10.1. The first kappa shape index (κ1) is 14.1. The minimum Gasteiger partial charge on any atom is -0.383 e. The third-order valence-corrected chi connectivity index (χ3v) is 3.40. The van der Waals surface area contributed by atoms with Crippen LogP contribution in [0.5, 0.6) is 0 Å². The fraction of sp³-hybridized carbons (Fsp3) is 0.462. The van der Waals surface area contributed by atoms with E-state index in [1.807, 2.05) is 0 Å². The summed E-state index contributed by atoms with van der Waals surface area (Å²) in [5, 5.41) is 3.52. The highest BCUT2D eigenvalue weighted by Gasteiger charge is 2.41. The van der Waals surface area contributed by atoms with Gasteiger partial charge in [-0.05, 0) is 18.6 Å². The van der Waals surface area contributed by atoms with Crippen molar-refractivity contribution in [1.82, 2.24) is 5.32 Å². The van der Waals surface area contributed by atoms with Crippen molar-refractivity contribution in [3.63, 3.8) is 0 Å². The summed E-state index contributed by atoms with van der Waals surface area (Å²) in [6.45, 7) is 1.03. The van der Waals surface area contributed by atoms with E-state index in [0.29, 0.717) is 29.7 Å². The maximum atomic E-state index is 13.7. The van der Waals surface area contributed by atoms with Crippen LogP contribution in [0.15, 0.2) is 23.2 Å². The Kier molecular flexibility index (Phi) is 4.61. The van der Waals surface area contributed by atoms with Crippen molar-refractivity contribution in [3.8, 4) is 0 Å². The second kappa shape index (κ2) is 6.21. The van der Waals surface area contributed by atoms with Gasteiger partial charge in [-0.25, -0.2) is 4.39 Å². The highest BCUT2D eigenvalue weighted by Crippen LogP contribution is 2.44. The molecular formula is C13H17ClFN3O. The number of hydrogen-bond acceptors (Lipinski definition) is 2. The second-order valence-electron chi connectivity index (χ2n) is 4.49. The van der Waals surface area contributed by atoms with Crippen LogP contribution in [-0.2, 0) is 4.74 Å². The number of halogens is 2. The lowest BCUT2D eigenvalue weighted by Gasteiger charge is -2.07. The van der Waals surface area contributed by atoms with Gasteiger partial charge in [0.2, 0.25) is 0 Å². The van der Waals surface area contributed by atoms with Crippen molar-refractivity contribution in [2.75, 3.05) is 20.3 Å². The van der Waals surface area contributed by atoms with Crippen LogP contribution in [0, 0.1) is 5.82 Å². The summed E-state index contributed by atoms with van der Waals surface area (Å²) in [5.74, 6) is 0.151. The van der Waals surface area contributed by atoms with E-state index in [1.54, 1.807) is 19.2 Å². The smallest absolute Gasteiger partial charge is 0.188 e. The maximum absolute atomic E-state index is 13.7. The molecular weight excluding hydrogens is 269 g/mol. The Hall–Kier alpha value is -1.33. The first-order chi connectivity index (χ1) is 9.13. The molecule has 1 aromatic carbocycles. The van der Waals surface area contributed by atoms with Gasteiger partial charge in [0, 0.05) is 29.7 Å². The topological polar surface area (TPSA) is 59.6 Å². The predicted octanol–water partition coefficient (Wildman–Crippen LogP) is 1.89. The van der Waals surface area contributed by atoms with E-state index in [-0.39, 0.29) is 17.8 Å². The molecule has 0 radical (unpaired) electrons. The van der Waals surface area contributed by atoms with Gasteiger partial charge in [-0.2, -0.15) is 0 Å². The third kappa shape index (κ3) is 3.58. The fourth-order valence-electron chi connectivity index (χ4n) is 2.03. The van der Waals surface area contributed by atoms with E-state index in [2.05, 4.69) is 10.3 Å². The van der Waals surface area contributed by atoms with Gasteiger partial charge in [0.1, 0.15) is 5.82 Å². The Morgan fingerprint density at radius 1 is 1.63 bits per heavy atom. The van der Waals surface area contributed by atoms with Crippen LogP contribution in [0.2, 0.25) is 5.02 Å². The molecule has 1 aliphatic carbocycles. The molecule has 3 N–H and O–H groups in total. The number of nitrogens with one attached hydrogen (secondary N) is 1. The zero-order valence-corrected chi connectivity index (χ0v) is 11.5. The minimum atomic E-state index is -0.267. The number of methoxy groups -OCH3 is 1. The normalized spacial score (nSPS) is 22.4. The molecule has 1 fully saturated rings. The summed E-state index contributed by atoms with van der Waals surface area (Å²) in [5.41, 5.74) is 6.29. The van der Waals surface area contributed by atoms with Gasteiger partial charge in [-0.15, -0.1) is 0 Å². The molecule has 1 saturated carbocycles.